The normalized spacial score (nSPS) is 19.0. The molecule has 5 heteroatoms. The third-order valence-electron chi connectivity index (χ3n) is 3.91. The predicted molar refractivity (Wildman–Crippen MR) is 81.2 cm³/mol. The number of nitrogens with zero attached hydrogens (tertiary/aromatic N) is 2. The number of hydrogen-bond donors (Lipinski definition) is 0. The van der Waals surface area contributed by atoms with Crippen molar-refractivity contribution in [2.45, 2.75) is 26.3 Å². The molecule has 0 spiro atoms. The minimum absolute atomic E-state index is 0.0170. The fraction of sp³-hybridized carbons (Fsp3) is 0.500. The van der Waals surface area contributed by atoms with Gasteiger partial charge in [-0.1, -0.05) is 25.1 Å². The summed E-state index contributed by atoms with van der Waals surface area (Å²) in [6.07, 6.45) is 0.876. The van der Waals surface area contributed by atoms with Gasteiger partial charge in [-0.3, -0.25) is 9.59 Å². The molecule has 1 fully saturated rings. The molecular formula is C16H22N2O3. The Morgan fingerprint density at radius 2 is 2.05 bits per heavy atom. The zero-order valence-electron chi connectivity index (χ0n) is 12.8. The van der Waals surface area contributed by atoms with Crippen molar-refractivity contribution in [3.63, 3.8) is 0 Å². The molecule has 21 heavy (non-hydrogen) atoms. The Balaban J connectivity index is 2.20. The number of benzene rings is 1. The van der Waals surface area contributed by atoms with Crippen LogP contribution >= 0.6 is 0 Å². The molecule has 1 aliphatic rings. The van der Waals surface area contributed by atoms with Crippen LogP contribution in [0.25, 0.3) is 0 Å². The second-order valence-corrected chi connectivity index (χ2v) is 5.17. The number of aryl methyl sites for hydroxylation is 1. The minimum Gasteiger partial charge on any atom is -0.375 e. The van der Waals surface area contributed by atoms with Crippen molar-refractivity contribution < 1.29 is 14.3 Å². The summed E-state index contributed by atoms with van der Waals surface area (Å²) < 4.78 is 4.87. The summed E-state index contributed by atoms with van der Waals surface area (Å²) in [6.45, 7) is 4.92. The molecule has 0 radical (unpaired) electrons. The molecular weight excluding hydrogens is 268 g/mol. The van der Waals surface area contributed by atoms with Gasteiger partial charge in [-0.15, -0.1) is 0 Å². The highest BCUT2D eigenvalue weighted by Crippen LogP contribution is 2.24. The number of para-hydroxylation sites is 1. The van der Waals surface area contributed by atoms with E-state index in [0.29, 0.717) is 13.1 Å². The van der Waals surface area contributed by atoms with Crippen molar-refractivity contribution in [1.82, 2.24) is 4.90 Å². The van der Waals surface area contributed by atoms with Crippen LogP contribution in [0.15, 0.2) is 24.3 Å². The summed E-state index contributed by atoms with van der Waals surface area (Å²) >= 11 is 0. The summed E-state index contributed by atoms with van der Waals surface area (Å²) in [7, 11) is 1.48. The van der Waals surface area contributed by atoms with E-state index in [-0.39, 0.29) is 18.4 Å². The molecule has 0 N–H and O–H groups in total. The van der Waals surface area contributed by atoms with E-state index in [2.05, 4.69) is 6.92 Å². The highest BCUT2D eigenvalue weighted by atomic mass is 16.5. The van der Waals surface area contributed by atoms with Gasteiger partial charge in [-0.2, -0.15) is 0 Å². The van der Waals surface area contributed by atoms with Gasteiger partial charge in [-0.25, -0.2) is 0 Å². The predicted octanol–water partition coefficient (Wildman–Crippen LogP) is 1.46. The van der Waals surface area contributed by atoms with Crippen molar-refractivity contribution in [3.8, 4) is 0 Å². The second kappa shape index (κ2) is 6.72. The topological polar surface area (TPSA) is 49.9 Å². The Bertz CT molecular complexity index is 530. The Hall–Kier alpha value is -1.88. The third-order valence-corrected chi connectivity index (χ3v) is 3.91. The Kier molecular flexibility index (Phi) is 4.96. The van der Waals surface area contributed by atoms with Crippen molar-refractivity contribution in [3.05, 3.63) is 29.8 Å². The molecule has 0 saturated carbocycles. The van der Waals surface area contributed by atoms with Gasteiger partial charge in [0.25, 0.3) is 0 Å². The van der Waals surface area contributed by atoms with Gasteiger partial charge in [-0.05, 0) is 25.0 Å². The van der Waals surface area contributed by atoms with Crippen LogP contribution in [-0.4, -0.2) is 49.6 Å². The molecule has 0 bridgehead atoms. The fourth-order valence-corrected chi connectivity index (χ4v) is 2.73. The lowest BCUT2D eigenvalue weighted by Crippen LogP contribution is -2.58. The van der Waals surface area contributed by atoms with Gasteiger partial charge in [0.15, 0.2) is 0 Å². The zero-order valence-corrected chi connectivity index (χ0v) is 12.8. The third kappa shape index (κ3) is 3.08. The maximum Gasteiger partial charge on any atom is 0.249 e. The molecule has 1 aromatic carbocycles. The molecule has 0 aliphatic carbocycles. The number of ether oxygens (including phenoxy) is 1. The first kappa shape index (κ1) is 15.5. The molecule has 2 rings (SSSR count). The fourth-order valence-electron chi connectivity index (χ4n) is 2.73. The average molecular weight is 290 g/mol. The maximum atomic E-state index is 12.6. The number of anilines is 1. The average Bonchev–Trinajstić information content (AvgIpc) is 2.50. The van der Waals surface area contributed by atoms with Crippen molar-refractivity contribution in [1.29, 1.82) is 0 Å². The first-order valence-corrected chi connectivity index (χ1v) is 7.27. The second-order valence-electron chi connectivity index (χ2n) is 5.17. The largest absolute Gasteiger partial charge is 0.375 e. The number of rotatable bonds is 4. The molecule has 2 amide bonds. The van der Waals surface area contributed by atoms with E-state index in [1.165, 1.54) is 7.11 Å². The molecule has 0 aromatic heterocycles. The van der Waals surface area contributed by atoms with Crippen LogP contribution in [0.1, 0.15) is 19.4 Å². The smallest absolute Gasteiger partial charge is 0.249 e. The lowest BCUT2D eigenvalue weighted by atomic mass is 10.1. The van der Waals surface area contributed by atoms with Crippen LogP contribution in [0.5, 0.6) is 0 Å². The van der Waals surface area contributed by atoms with Gasteiger partial charge in [0.2, 0.25) is 11.8 Å². The first-order chi connectivity index (χ1) is 10.1. The van der Waals surface area contributed by atoms with E-state index in [1.54, 1.807) is 16.7 Å². The standard InChI is InChI=1S/C16H22N2O3/c1-4-13-7-5-6-8-14(13)18-10-9-17(12(2)16(18)20)15(19)11-21-3/h5-8,12H,4,9-11H2,1-3H3/t12-/m0/s1. The summed E-state index contributed by atoms with van der Waals surface area (Å²) in [4.78, 5) is 27.9. The van der Waals surface area contributed by atoms with Crippen LogP contribution in [0, 0.1) is 0 Å². The van der Waals surface area contributed by atoms with Crippen molar-refractivity contribution in [2.24, 2.45) is 0 Å². The first-order valence-electron chi connectivity index (χ1n) is 7.27. The lowest BCUT2D eigenvalue weighted by Gasteiger charge is -2.39. The van der Waals surface area contributed by atoms with E-state index in [4.69, 9.17) is 4.74 Å². The van der Waals surface area contributed by atoms with Gasteiger partial charge in [0.05, 0.1) is 0 Å². The number of amides is 2. The van der Waals surface area contributed by atoms with E-state index >= 15 is 0 Å². The van der Waals surface area contributed by atoms with Crippen LogP contribution in [0.2, 0.25) is 0 Å². The van der Waals surface area contributed by atoms with Gasteiger partial charge in [0.1, 0.15) is 12.6 Å². The monoisotopic (exact) mass is 290 g/mol. The van der Waals surface area contributed by atoms with E-state index < -0.39 is 6.04 Å². The number of carbonyl (C=O) groups is 2. The number of hydrogen-bond acceptors (Lipinski definition) is 3. The highest BCUT2D eigenvalue weighted by Gasteiger charge is 2.35. The molecule has 1 atom stereocenters. The molecule has 1 aromatic rings. The van der Waals surface area contributed by atoms with Gasteiger partial charge in [0, 0.05) is 25.9 Å². The van der Waals surface area contributed by atoms with Crippen LogP contribution < -0.4 is 4.90 Å². The van der Waals surface area contributed by atoms with Gasteiger partial charge >= 0.3 is 0 Å². The summed E-state index contributed by atoms with van der Waals surface area (Å²) in [6, 6.07) is 7.47. The molecule has 1 heterocycles. The lowest BCUT2D eigenvalue weighted by molar-refractivity contribution is -0.143. The summed E-state index contributed by atoms with van der Waals surface area (Å²) in [5.74, 6) is -0.173. The highest BCUT2D eigenvalue weighted by molar-refractivity contribution is 6.00. The van der Waals surface area contributed by atoms with Crippen LogP contribution in [0.3, 0.4) is 0 Å². The summed E-state index contributed by atoms with van der Waals surface area (Å²) in [5.41, 5.74) is 2.10. The minimum atomic E-state index is -0.452. The molecule has 5 nitrogen and oxygen atoms in total. The van der Waals surface area contributed by atoms with Gasteiger partial charge < -0.3 is 14.5 Å². The van der Waals surface area contributed by atoms with Crippen LogP contribution in [0.4, 0.5) is 5.69 Å². The SMILES string of the molecule is CCc1ccccc1N1CCN(C(=O)COC)[C@@H](C)C1=O. The summed E-state index contributed by atoms with van der Waals surface area (Å²) in [5, 5.41) is 0. The quantitative estimate of drug-likeness (QED) is 0.843. The van der Waals surface area contributed by atoms with Crippen molar-refractivity contribution >= 4 is 17.5 Å². The Labute approximate surface area is 125 Å². The zero-order chi connectivity index (χ0) is 15.4. The number of methoxy groups -OCH3 is 1. The molecule has 114 valence electrons. The van der Waals surface area contributed by atoms with Crippen molar-refractivity contribution in [2.75, 3.05) is 31.7 Å². The number of piperazine rings is 1. The molecule has 1 aliphatic heterocycles. The number of carbonyl (C=O) groups excluding carboxylic acids is 2. The molecule has 1 saturated heterocycles. The molecule has 0 unspecified atom stereocenters. The Morgan fingerprint density at radius 3 is 2.71 bits per heavy atom. The Morgan fingerprint density at radius 1 is 1.33 bits per heavy atom. The maximum absolute atomic E-state index is 12.6. The van der Waals surface area contributed by atoms with E-state index in [0.717, 1.165) is 17.7 Å². The van der Waals surface area contributed by atoms with E-state index in [1.807, 2.05) is 24.3 Å². The van der Waals surface area contributed by atoms with Crippen LogP contribution in [-0.2, 0) is 20.7 Å². The van der Waals surface area contributed by atoms with E-state index in [9.17, 15) is 9.59 Å².